The molecule has 0 saturated heterocycles. The van der Waals surface area contributed by atoms with Crippen LogP contribution in [0, 0.1) is 0 Å². The van der Waals surface area contributed by atoms with Crippen molar-refractivity contribution in [2.45, 2.75) is 36.3 Å². The summed E-state index contributed by atoms with van der Waals surface area (Å²) in [6, 6.07) is 0. The topological polar surface area (TPSA) is 98.6 Å². The van der Waals surface area contributed by atoms with Crippen LogP contribution < -0.4 is 10.7 Å². The van der Waals surface area contributed by atoms with Gasteiger partial charge in [0.15, 0.2) is 0 Å². The molecule has 0 fully saturated rings. The zero-order chi connectivity index (χ0) is 17.4. The Morgan fingerprint density at radius 1 is 1.13 bits per heavy atom. The molecular weight excluding hydrogens is 333 g/mol. The molecule has 0 spiro atoms. The molecule has 0 unspecified atom stereocenters. The van der Waals surface area contributed by atoms with E-state index in [1.165, 1.54) is 0 Å². The third-order valence-corrected chi connectivity index (χ3v) is 3.46. The number of hydrogen-bond donors (Lipinski definition) is 1. The van der Waals surface area contributed by atoms with Crippen LogP contribution in [0.3, 0.4) is 0 Å². The number of halogens is 3. The molecule has 2 aromatic heterocycles. The Bertz CT molecular complexity index is 671. The van der Waals surface area contributed by atoms with Gasteiger partial charge in [-0.2, -0.15) is 23.1 Å². The number of rotatable bonds is 4. The number of hydrogen-bond acceptors (Lipinski definition) is 8. The Morgan fingerprint density at radius 3 is 2.26 bits per heavy atom. The molecule has 0 aliphatic heterocycles. The molecule has 2 heterocycles. The predicted octanol–water partition coefficient (Wildman–Crippen LogP) is 1.54. The predicted molar refractivity (Wildman–Crippen MR) is 77.5 cm³/mol. The summed E-state index contributed by atoms with van der Waals surface area (Å²) >= 11 is 0.790. The molecule has 2 N–H and O–H groups in total. The lowest BCUT2D eigenvalue weighted by molar-refractivity contribution is -0.146. The maximum absolute atomic E-state index is 12.7. The zero-order valence-corrected chi connectivity index (χ0v) is 13.6. The quantitative estimate of drug-likeness (QED) is 0.831. The van der Waals surface area contributed by atoms with Gasteiger partial charge in [-0.05, 0) is 11.8 Å². The van der Waals surface area contributed by atoms with E-state index in [-0.39, 0.29) is 16.2 Å². The summed E-state index contributed by atoms with van der Waals surface area (Å²) in [5.41, 5.74) is 0. The SMILES string of the molecule is CC(C)c1nc(Sc2nnc(C(F)(F)F)n2N)nc(N(C)C)n1. The van der Waals surface area contributed by atoms with Gasteiger partial charge in [-0.1, -0.05) is 13.8 Å². The highest BCUT2D eigenvalue weighted by atomic mass is 32.2. The summed E-state index contributed by atoms with van der Waals surface area (Å²) in [7, 11) is 3.50. The normalized spacial score (nSPS) is 12.0. The Labute approximate surface area is 134 Å². The van der Waals surface area contributed by atoms with Crippen LogP contribution in [-0.2, 0) is 6.18 Å². The molecule has 12 heteroatoms. The number of anilines is 1. The second kappa shape index (κ2) is 6.18. The highest BCUT2D eigenvalue weighted by molar-refractivity contribution is 7.99. The van der Waals surface area contributed by atoms with Crippen LogP contribution in [0.4, 0.5) is 19.1 Å². The smallest absolute Gasteiger partial charge is 0.347 e. The number of nitrogens with zero attached hydrogens (tertiary/aromatic N) is 7. The minimum atomic E-state index is -4.68. The van der Waals surface area contributed by atoms with Gasteiger partial charge in [0, 0.05) is 20.0 Å². The van der Waals surface area contributed by atoms with Crippen molar-refractivity contribution in [3.63, 3.8) is 0 Å². The van der Waals surface area contributed by atoms with Gasteiger partial charge in [0.1, 0.15) is 5.82 Å². The molecule has 8 nitrogen and oxygen atoms in total. The van der Waals surface area contributed by atoms with Gasteiger partial charge in [-0.25, -0.2) is 9.66 Å². The average Bonchev–Trinajstić information content (AvgIpc) is 2.79. The van der Waals surface area contributed by atoms with Gasteiger partial charge >= 0.3 is 6.18 Å². The average molecular weight is 348 g/mol. The van der Waals surface area contributed by atoms with E-state index in [1.807, 2.05) is 13.8 Å². The first kappa shape index (κ1) is 17.2. The Balaban J connectivity index is 2.39. The lowest BCUT2D eigenvalue weighted by Crippen LogP contribution is -2.21. The van der Waals surface area contributed by atoms with Crippen molar-refractivity contribution < 1.29 is 13.2 Å². The molecule has 0 bridgehead atoms. The van der Waals surface area contributed by atoms with E-state index < -0.39 is 12.0 Å². The molecule has 0 aromatic carbocycles. The summed E-state index contributed by atoms with van der Waals surface area (Å²) in [5, 5.41) is 6.53. The summed E-state index contributed by atoms with van der Waals surface area (Å²) in [6.45, 7) is 3.80. The van der Waals surface area contributed by atoms with E-state index in [1.54, 1.807) is 19.0 Å². The molecule has 126 valence electrons. The number of nitrogens with two attached hydrogens (primary N) is 1. The molecule has 0 saturated carbocycles. The second-order valence-electron chi connectivity index (χ2n) is 5.10. The summed E-state index contributed by atoms with van der Waals surface area (Å²) in [4.78, 5) is 14.3. The van der Waals surface area contributed by atoms with Crippen LogP contribution in [0.2, 0.25) is 0 Å². The van der Waals surface area contributed by atoms with Crippen molar-refractivity contribution >= 4 is 17.7 Å². The lowest BCUT2D eigenvalue weighted by atomic mass is 10.2. The van der Waals surface area contributed by atoms with Crippen LogP contribution in [0.25, 0.3) is 0 Å². The van der Waals surface area contributed by atoms with E-state index in [2.05, 4.69) is 25.1 Å². The first-order chi connectivity index (χ1) is 10.6. The van der Waals surface area contributed by atoms with Gasteiger partial charge in [-0.3, -0.25) is 0 Å². The molecule has 23 heavy (non-hydrogen) atoms. The number of alkyl halides is 3. The van der Waals surface area contributed by atoms with E-state index in [9.17, 15) is 13.2 Å². The lowest BCUT2D eigenvalue weighted by Gasteiger charge is -2.13. The largest absolute Gasteiger partial charge is 0.453 e. The van der Waals surface area contributed by atoms with Crippen molar-refractivity contribution in [1.82, 2.24) is 29.8 Å². The van der Waals surface area contributed by atoms with Crippen LogP contribution in [0.5, 0.6) is 0 Å². The highest BCUT2D eigenvalue weighted by Gasteiger charge is 2.38. The molecule has 2 aromatic rings. The van der Waals surface area contributed by atoms with Gasteiger partial charge in [0.05, 0.1) is 0 Å². The van der Waals surface area contributed by atoms with Crippen molar-refractivity contribution in [3.8, 4) is 0 Å². The van der Waals surface area contributed by atoms with E-state index in [0.29, 0.717) is 16.4 Å². The Morgan fingerprint density at radius 2 is 1.78 bits per heavy atom. The fraction of sp³-hybridized carbons (Fsp3) is 0.545. The van der Waals surface area contributed by atoms with Crippen molar-refractivity contribution in [1.29, 1.82) is 0 Å². The molecule has 0 amide bonds. The summed E-state index contributed by atoms with van der Waals surface area (Å²) in [5.74, 6) is 5.05. The number of nitrogen functional groups attached to an aromatic ring is 1. The van der Waals surface area contributed by atoms with Gasteiger partial charge in [0.2, 0.25) is 16.3 Å². The Hall–Kier alpha value is -2.11. The maximum atomic E-state index is 12.7. The first-order valence-electron chi connectivity index (χ1n) is 6.48. The van der Waals surface area contributed by atoms with Gasteiger partial charge in [0.25, 0.3) is 5.82 Å². The van der Waals surface area contributed by atoms with E-state index >= 15 is 0 Å². The van der Waals surface area contributed by atoms with Crippen molar-refractivity contribution in [2.75, 3.05) is 24.8 Å². The van der Waals surface area contributed by atoms with Crippen LogP contribution in [-0.4, -0.2) is 43.9 Å². The molecular formula is C11H15F3N8S. The summed E-state index contributed by atoms with van der Waals surface area (Å²) < 4.78 is 38.4. The van der Waals surface area contributed by atoms with Crippen molar-refractivity contribution in [2.24, 2.45) is 0 Å². The van der Waals surface area contributed by atoms with Crippen molar-refractivity contribution in [3.05, 3.63) is 11.6 Å². The third-order valence-electron chi connectivity index (χ3n) is 2.64. The minimum Gasteiger partial charge on any atom is -0.347 e. The van der Waals surface area contributed by atoms with Crippen LogP contribution >= 0.6 is 11.8 Å². The van der Waals surface area contributed by atoms with E-state index in [4.69, 9.17) is 5.84 Å². The number of aromatic nitrogens is 6. The third kappa shape index (κ3) is 3.81. The van der Waals surface area contributed by atoms with E-state index in [0.717, 1.165) is 11.8 Å². The first-order valence-corrected chi connectivity index (χ1v) is 7.30. The molecule has 2 rings (SSSR count). The molecule has 0 aliphatic rings. The fourth-order valence-electron chi connectivity index (χ4n) is 1.49. The fourth-order valence-corrected chi connectivity index (χ4v) is 2.18. The molecule has 0 radical (unpaired) electrons. The summed E-state index contributed by atoms with van der Waals surface area (Å²) in [6.07, 6.45) is -4.68. The van der Waals surface area contributed by atoms with Gasteiger partial charge < -0.3 is 10.7 Å². The molecule has 0 atom stereocenters. The minimum absolute atomic E-state index is 0.0255. The van der Waals surface area contributed by atoms with Crippen LogP contribution in [0.1, 0.15) is 31.4 Å². The highest BCUT2D eigenvalue weighted by Crippen LogP contribution is 2.31. The maximum Gasteiger partial charge on any atom is 0.453 e. The second-order valence-corrected chi connectivity index (χ2v) is 6.04. The standard InChI is InChI=1S/C11H15F3N8S/c1-5(2)6-16-8(21(3)4)18-9(17-6)23-10-20-19-7(22(10)15)11(12,13)14/h5H,15H2,1-4H3. The Kier molecular flexibility index (Phi) is 4.63. The monoisotopic (exact) mass is 348 g/mol. The van der Waals surface area contributed by atoms with Crippen LogP contribution in [0.15, 0.2) is 10.3 Å². The zero-order valence-electron chi connectivity index (χ0n) is 12.8. The molecule has 0 aliphatic carbocycles. The van der Waals surface area contributed by atoms with Gasteiger partial charge in [-0.15, -0.1) is 10.2 Å².